The lowest BCUT2D eigenvalue weighted by Crippen LogP contribution is -2.16. The predicted octanol–water partition coefficient (Wildman–Crippen LogP) is 0.108. The number of halogens is 1. The van der Waals surface area contributed by atoms with E-state index in [0.29, 0.717) is 6.42 Å². The molecule has 0 aromatic rings. The molecule has 0 radical (unpaired) electrons. The third kappa shape index (κ3) is 7.74. The van der Waals surface area contributed by atoms with E-state index >= 15 is 0 Å². The highest BCUT2D eigenvalue weighted by atomic mass is 32.2. The van der Waals surface area contributed by atoms with Crippen molar-refractivity contribution in [3.05, 3.63) is 0 Å². The fourth-order valence-electron chi connectivity index (χ4n) is 0.685. The minimum atomic E-state index is -2.94. The van der Waals surface area contributed by atoms with Gasteiger partial charge in [-0.1, -0.05) is 0 Å². The van der Waals surface area contributed by atoms with Crippen LogP contribution in [0.4, 0.5) is 4.39 Å². The molecule has 0 spiro atoms. The fourth-order valence-corrected chi connectivity index (χ4v) is 1.38. The van der Waals surface area contributed by atoms with E-state index in [1.165, 1.54) is 0 Å². The summed E-state index contributed by atoms with van der Waals surface area (Å²) in [5.74, 6) is 0.0490. The van der Waals surface area contributed by atoms with Crippen LogP contribution in [0.15, 0.2) is 0 Å². The van der Waals surface area contributed by atoms with Gasteiger partial charge in [-0.15, -0.1) is 0 Å². The summed E-state index contributed by atoms with van der Waals surface area (Å²) in [5, 5.41) is 0. The molecule has 0 saturated heterocycles. The average Bonchev–Trinajstić information content (AvgIpc) is 1.85. The smallest absolute Gasteiger partial charge is 0.147 e. The molecule has 3 nitrogen and oxygen atoms in total. The fraction of sp³-hybridized carbons (Fsp3) is 1.00. The Balaban J connectivity index is 3.43. The summed E-state index contributed by atoms with van der Waals surface area (Å²) in [6, 6.07) is 0. The molecule has 0 aliphatic carbocycles. The molecular formula is C6H14FNO2S. The van der Waals surface area contributed by atoms with Crippen molar-refractivity contribution in [2.75, 3.05) is 18.6 Å². The van der Waals surface area contributed by atoms with Gasteiger partial charge < -0.3 is 5.73 Å². The van der Waals surface area contributed by atoms with Crippen molar-refractivity contribution in [3.63, 3.8) is 0 Å². The summed E-state index contributed by atoms with van der Waals surface area (Å²) in [6.45, 7) is -0.0240. The van der Waals surface area contributed by atoms with Crippen LogP contribution in [0.5, 0.6) is 0 Å². The van der Waals surface area contributed by atoms with Gasteiger partial charge in [-0.3, -0.25) is 0 Å². The molecule has 0 bridgehead atoms. The number of nitrogens with two attached hydrogens (primary N) is 1. The van der Waals surface area contributed by atoms with Crippen molar-refractivity contribution in [2.24, 2.45) is 5.73 Å². The Labute approximate surface area is 66.7 Å². The van der Waals surface area contributed by atoms with Crippen molar-refractivity contribution in [1.82, 2.24) is 0 Å². The van der Waals surface area contributed by atoms with E-state index < -0.39 is 16.0 Å². The molecule has 0 amide bonds. The number of hydrogen-bond donors (Lipinski definition) is 1. The molecule has 68 valence electrons. The van der Waals surface area contributed by atoms with Gasteiger partial charge in [-0.2, -0.15) is 0 Å². The van der Waals surface area contributed by atoms with Crippen LogP contribution in [-0.4, -0.2) is 33.1 Å². The van der Waals surface area contributed by atoms with Crippen molar-refractivity contribution in [1.29, 1.82) is 0 Å². The predicted molar refractivity (Wildman–Crippen MR) is 42.9 cm³/mol. The van der Waals surface area contributed by atoms with Crippen LogP contribution in [0.25, 0.3) is 0 Å². The van der Waals surface area contributed by atoms with Crippen LogP contribution < -0.4 is 5.73 Å². The Bertz CT molecular complexity index is 191. The highest BCUT2D eigenvalue weighted by Crippen LogP contribution is 2.01. The van der Waals surface area contributed by atoms with E-state index in [-0.39, 0.29) is 18.7 Å². The van der Waals surface area contributed by atoms with Gasteiger partial charge in [0.1, 0.15) is 16.0 Å². The van der Waals surface area contributed by atoms with Gasteiger partial charge in [0.25, 0.3) is 0 Å². The molecular weight excluding hydrogens is 169 g/mol. The Morgan fingerprint density at radius 2 is 2.09 bits per heavy atom. The van der Waals surface area contributed by atoms with Crippen LogP contribution in [0.1, 0.15) is 12.8 Å². The van der Waals surface area contributed by atoms with E-state index in [1.807, 2.05) is 0 Å². The van der Waals surface area contributed by atoms with Crippen LogP contribution in [0.2, 0.25) is 0 Å². The maximum Gasteiger partial charge on any atom is 0.147 e. The first-order valence-electron chi connectivity index (χ1n) is 3.47. The molecule has 2 N–H and O–H groups in total. The average molecular weight is 183 g/mol. The van der Waals surface area contributed by atoms with Gasteiger partial charge in [0.2, 0.25) is 0 Å². The standard InChI is InChI=1S/C6H14FNO2S/c1-11(9,10)4-2-3-6(7)5-8/h6H,2-5,8H2,1H3. The first-order valence-corrected chi connectivity index (χ1v) is 5.53. The van der Waals surface area contributed by atoms with E-state index in [1.54, 1.807) is 0 Å². The van der Waals surface area contributed by atoms with Crippen LogP contribution in [0.3, 0.4) is 0 Å². The second-order valence-corrected chi connectivity index (χ2v) is 4.86. The summed E-state index contributed by atoms with van der Waals surface area (Å²) in [4.78, 5) is 0. The molecule has 1 atom stereocenters. The maximum atomic E-state index is 12.4. The zero-order valence-electron chi connectivity index (χ0n) is 6.59. The molecule has 0 aromatic heterocycles. The van der Waals surface area contributed by atoms with Crippen molar-refractivity contribution in [3.8, 4) is 0 Å². The summed E-state index contributed by atoms with van der Waals surface area (Å²) in [7, 11) is -2.94. The summed E-state index contributed by atoms with van der Waals surface area (Å²) < 4.78 is 33.5. The molecule has 0 aromatic carbocycles. The molecule has 0 fully saturated rings. The SMILES string of the molecule is CS(=O)(=O)CCCC(F)CN. The molecule has 0 saturated carbocycles. The number of sulfone groups is 1. The van der Waals surface area contributed by atoms with Crippen LogP contribution in [-0.2, 0) is 9.84 Å². The van der Waals surface area contributed by atoms with Gasteiger partial charge in [-0.05, 0) is 12.8 Å². The van der Waals surface area contributed by atoms with E-state index in [4.69, 9.17) is 5.73 Å². The van der Waals surface area contributed by atoms with Crippen molar-refractivity contribution < 1.29 is 12.8 Å². The number of rotatable bonds is 5. The van der Waals surface area contributed by atoms with Gasteiger partial charge in [0, 0.05) is 18.6 Å². The Morgan fingerprint density at radius 1 is 1.55 bits per heavy atom. The molecule has 0 aliphatic heterocycles. The van der Waals surface area contributed by atoms with E-state index in [0.717, 1.165) is 6.26 Å². The minimum Gasteiger partial charge on any atom is -0.328 e. The van der Waals surface area contributed by atoms with Gasteiger partial charge >= 0.3 is 0 Å². The quantitative estimate of drug-likeness (QED) is 0.658. The minimum absolute atomic E-state index is 0.0240. The van der Waals surface area contributed by atoms with Gasteiger partial charge in [-0.25, -0.2) is 12.8 Å². The summed E-state index contributed by atoms with van der Waals surface area (Å²) >= 11 is 0. The summed E-state index contributed by atoms with van der Waals surface area (Å²) in [5.41, 5.74) is 5.00. The van der Waals surface area contributed by atoms with Crippen molar-refractivity contribution >= 4 is 9.84 Å². The Morgan fingerprint density at radius 3 is 2.45 bits per heavy atom. The normalized spacial score (nSPS) is 14.8. The summed E-state index contributed by atoms with van der Waals surface area (Å²) in [6.07, 6.45) is 0.681. The topological polar surface area (TPSA) is 60.2 Å². The van der Waals surface area contributed by atoms with E-state index in [2.05, 4.69) is 0 Å². The molecule has 0 rings (SSSR count). The van der Waals surface area contributed by atoms with Gasteiger partial charge in [0.15, 0.2) is 0 Å². The second-order valence-electron chi connectivity index (χ2n) is 2.61. The van der Waals surface area contributed by atoms with Crippen molar-refractivity contribution in [2.45, 2.75) is 19.0 Å². The number of alkyl halides is 1. The maximum absolute atomic E-state index is 12.4. The van der Waals surface area contributed by atoms with Gasteiger partial charge in [0.05, 0.1) is 0 Å². The molecule has 0 heterocycles. The molecule has 11 heavy (non-hydrogen) atoms. The highest BCUT2D eigenvalue weighted by Gasteiger charge is 2.06. The number of hydrogen-bond acceptors (Lipinski definition) is 3. The lowest BCUT2D eigenvalue weighted by atomic mass is 10.2. The van der Waals surface area contributed by atoms with Crippen LogP contribution in [0, 0.1) is 0 Å². The lowest BCUT2D eigenvalue weighted by molar-refractivity contribution is 0.320. The lowest BCUT2D eigenvalue weighted by Gasteiger charge is -2.02. The third-order valence-electron chi connectivity index (χ3n) is 1.29. The third-order valence-corrected chi connectivity index (χ3v) is 2.32. The highest BCUT2D eigenvalue weighted by molar-refractivity contribution is 7.90. The Hall–Kier alpha value is -0.160. The Kier molecular flexibility index (Phi) is 4.60. The molecule has 5 heteroatoms. The largest absolute Gasteiger partial charge is 0.328 e. The first kappa shape index (κ1) is 10.8. The zero-order valence-corrected chi connectivity index (χ0v) is 7.40. The zero-order chi connectivity index (χ0) is 8.91. The molecule has 0 aliphatic rings. The van der Waals surface area contributed by atoms with E-state index in [9.17, 15) is 12.8 Å². The molecule has 1 unspecified atom stereocenters. The van der Waals surface area contributed by atoms with Crippen LogP contribution >= 0.6 is 0 Å². The monoisotopic (exact) mass is 183 g/mol. The second kappa shape index (κ2) is 4.66. The first-order chi connectivity index (χ1) is 4.95.